The van der Waals surface area contributed by atoms with Crippen LogP contribution in [0.4, 0.5) is 5.69 Å². The Bertz CT molecular complexity index is 422. The molecule has 84 valence electrons. The molecule has 1 unspecified atom stereocenters. The van der Waals surface area contributed by atoms with Gasteiger partial charge in [-0.2, -0.15) is 0 Å². The van der Waals surface area contributed by atoms with Gasteiger partial charge in [0, 0.05) is 17.3 Å². The van der Waals surface area contributed by atoms with Gasteiger partial charge in [-0.3, -0.25) is 0 Å². The zero-order valence-corrected chi connectivity index (χ0v) is 10.00. The molecular weight excluding hydrogens is 218 g/mol. The quantitative estimate of drug-likeness (QED) is 0.796. The summed E-state index contributed by atoms with van der Waals surface area (Å²) in [6.45, 7) is 0. The Kier molecular flexibility index (Phi) is 3.54. The molecule has 1 aromatic carbocycles. The third-order valence-corrected chi connectivity index (χ3v) is 3.41. The zero-order chi connectivity index (χ0) is 11.4. The van der Waals surface area contributed by atoms with Crippen molar-refractivity contribution in [2.45, 2.75) is 12.5 Å². The topological polar surface area (TPSA) is 50.9 Å². The van der Waals surface area contributed by atoms with Crippen LogP contribution in [0.2, 0.25) is 0 Å². The minimum atomic E-state index is 0.281. The number of anilines is 1. The number of nitrogens with zero attached hydrogens (tertiary/aromatic N) is 1. The Morgan fingerprint density at radius 2 is 2.12 bits per heavy atom. The molecule has 0 spiro atoms. The van der Waals surface area contributed by atoms with Crippen LogP contribution in [0, 0.1) is 0 Å². The number of hydrogen-bond donors (Lipinski definition) is 2. The molecule has 0 aliphatic carbocycles. The maximum absolute atomic E-state index is 5.66. The number of thiazole rings is 1. The fraction of sp³-hybridized carbons (Fsp3) is 0.250. The average molecular weight is 233 g/mol. The van der Waals surface area contributed by atoms with Crippen molar-refractivity contribution in [2.75, 3.05) is 12.8 Å². The summed E-state index contributed by atoms with van der Waals surface area (Å²) in [5.74, 6) is 0. The molecule has 0 fully saturated rings. The molecule has 2 rings (SSSR count). The number of nitrogen functional groups attached to an aromatic ring is 1. The summed E-state index contributed by atoms with van der Waals surface area (Å²) >= 11 is 1.68. The van der Waals surface area contributed by atoms with Gasteiger partial charge in [-0.05, 0) is 31.2 Å². The van der Waals surface area contributed by atoms with Gasteiger partial charge in [0.05, 0.1) is 6.04 Å². The van der Waals surface area contributed by atoms with Crippen LogP contribution >= 0.6 is 11.3 Å². The number of hydrogen-bond acceptors (Lipinski definition) is 4. The molecule has 1 heterocycles. The molecule has 0 saturated carbocycles. The Morgan fingerprint density at radius 1 is 1.38 bits per heavy atom. The first-order valence-electron chi connectivity index (χ1n) is 5.20. The lowest BCUT2D eigenvalue weighted by Crippen LogP contribution is -2.18. The van der Waals surface area contributed by atoms with Crippen molar-refractivity contribution in [3.8, 4) is 0 Å². The van der Waals surface area contributed by atoms with Crippen molar-refractivity contribution >= 4 is 17.0 Å². The van der Waals surface area contributed by atoms with E-state index in [1.165, 1.54) is 5.56 Å². The Balaban J connectivity index is 2.10. The van der Waals surface area contributed by atoms with E-state index in [1.54, 1.807) is 11.3 Å². The second kappa shape index (κ2) is 5.09. The van der Waals surface area contributed by atoms with E-state index in [4.69, 9.17) is 5.73 Å². The molecule has 0 amide bonds. The van der Waals surface area contributed by atoms with E-state index in [9.17, 15) is 0 Å². The first-order chi connectivity index (χ1) is 7.79. The second-order valence-corrected chi connectivity index (χ2v) is 4.58. The molecule has 0 aliphatic heterocycles. The van der Waals surface area contributed by atoms with Crippen LogP contribution in [-0.2, 0) is 6.42 Å². The van der Waals surface area contributed by atoms with Gasteiger partial charge in [-0.1, -0.05) is 12.1 Å². The van der Waals surface area contributed by atoms with Crippen LogP contribution in [-0.4, -0.2) is 12.0 Å². The summed E-state index contributed by atoms with van der Waals surface area (Å²) in [5, 5.41) is 6.41. The van der Waals surface area contributed by atoms with Crippen LogP contribution < -0.4 is 11.1 Å². The maximum atomic E-state index is 5.66. The molecule has 0 radical (unpaired) electrons. The smallest absolute Gasteiger partial charge is 0.110 e. The highest BCUT2D eigenvalue weighted by Gasteiger charge is 2.12. The lowest BCUT2D eigenvalue weighted by Gasteiger charge is -2.13. The summed E-state index contributed by atoms with van der Waals surface area (Å²) in [5.41, 5.74) is 7.73. The number of likely N-dealkylation sites (N-methyl/N-ethyl adjacent to an activating group) is 1. The largest absolute Gasteiger partial charge is 0.399 e. The van der Waals surface area contributed by atoms with Gasteiger partial charge >= 0.3 is 0 Å². The van der Waals surface area contributed by atoms with Gasteiger partial charge < -0.3 is 11.1 Å². The standard InChI is InChI=1S/C12H15N3S/c1-14-11(12-15-6-7-16-12)8-9-2-4-10(13)5-3-9/h2-7,11,14H,8,13H2,1H3. The van der Waals surface area contributed by atoms with Crippen molar-refractivity contribution in [3.63, 3.8) is 0 Å². The molecular formula is C12H15N3S. The van der Waals surface area contributed by atoms with E-state index in [1.807, 2.05) is 30.8 Å². The van der Waals surface area contributed by atoms with Crippen LogP contribution in [0.1, 0.15) is 16.6 Å². The lowest BCUT2D eigenvalue weighted by atomic mass is 10.1. The van der Waals surface area contributed by atoms with Gasteiger partial charge in [0.1, 0.15) is 5.01 Å². The summed E-state index contributed by atoms with van der Waals surface area (Å²) in [6, 6.07) is 8.28. The third kappa shape index (κ3) is 2.59. The number of aromatic nitrogens is 1. The average Bonchev–Trinajstić information content (AvgIpc) is 2.82. The number of nitrogens with two attached hydrogens (primary N) is 1. The van der Waals surface area contributed by atoms with Crippen LogP contribution in [0.25, 0.3) is 0 Å². The lowest BCUT2D eigenvalue weighted by molar-refractivity contribution is 0.588. The minimum absolute atomic E-state index is 0.281. The molecule has 3 N–H and O–H groups in total. The monoisotopic (exact) mass is 233 g/mol. The van der Waals surface area contributed by atoms with Crippen LogP contribution in [0.5, 0.6) is 0 Å². The molecule has 4 heteroatoms. The van der Waals surface area contributed by atoms with Gasteiger partial charge in [0.15, 0.2) is 0 Å². The third-order valence-electron chi connectivity index (χ3n) is 2.52. The molecule has 16 heavy (non-hydrogen) atoms. The van der Waals surface area contributed by atoms with Crippen LogP contribution in [0.15, 0.2) is 35.8 Å². The predicted octanol–water partition coefficient (Wildman–Crippen LogP) is 2.23. The minimum Gasteiger partial charge on any atom is -0.399 e. The maximum Gasteiger partial charge on any atom is 0.110 e. The normalized spacial score (nSPS) is 12.6. The highest BCUT2D eigenvalue weighted by atomic mass is 32.1. The molecule has 3 nitrogen and oxygen atoms in total. The van der Waals surface area contributed by atoms with Crippen molar-refractivity contribution in [1.82, 2.24) is 10.3 Å². The van der Waals surface area contributed by atoms with Crippen molar-refractivity contribution in [2.24, 2.45) is 0 Å². The van der Waals surface area contributed by atoms with Gasteiger partial charge in [-0.15, -0.1) is 11.3 Å². The van der Waals surface area contributed by atoms with E-state index in [0.29, 0.717) is 0 Å². The first kappa shape index (κ1) is 11.1. The van der Waals surface area contributed by atoms with Gasteiger partial charge in [-0.25, -0.2) is 4.98 Å². The molecule has 0 saturated heterocycles. The van der Waals surface area contributed by atoms with Crippen LogP contribution in [0.3, 0.4) is 0 Å². The van der Waals surface area contributed by atoms with Crippen molar-refractivity contribution in [3.05, 3.63) is 46.4 Å². The fourth-order valence-corrected chi connectivity index (χ4v) is 2.36. The molecule has 0 bridgehead atoms. The van der Waals surface area contributed by atoms with E-state index < -0.39 is 0 Å². The number of nitrogens with one attached hydrogen (secondary N) is 1. The molecule has 2 aromatic rings. The zero-order valence-electron chi connectivity index (χ0n) is 9.18. The van der Waals surface area contributed by atoms with Crippen molar-refractivity contribution < 1.29 is 0 Å². The fourth-order valence-electron chi connectivity index (χ4n) is 1.61. The highest BCUT2D eigenvalue weighted by molar-refractivity contribution is 7.09. The Hall–Kier alpha value is -1.39. The molecule has 0 aliphatic rings. The first-order valence-corrected chi connectivity index (χ1v) is 6.08. The summed E-state index contributed by atoms with van der Waals surface area (Å²) in [4.78, 5) is 4.33. The van der Waals surface area contributed by atoms with Gasteiger partial charge in [0.25, 0.3) is 0 Å². The van der Waals surface area contributed by atoms with E-state index >= 15 is 0 Å². The summed E-state index contributed by atoms with van der Waals surface area (Å²) in [6.07, 6.45) is 2.78. The van der Waals surface area contributed by atoms with Crippen molar-refractivity contribution in [1.29, 1.82) is 0 Å². The predicted molar refractivity (Wildman–Crippen MR) is 68.5 cm³/mol. The van der Waals surface area contributed by atoms with E-state index in [0.717, 1.165) is 17.1 Å². The van der Waals surface area contributed by atoms with E-state index in [-0.39, 0.29) is 6.04 Å². The second-order valence-electron chi connectivity index (χ2n) is 3.66. The summed E-state index contributed by atoms with van der Waals surface area (Å²) < 4.78 is 0. The highest BCUT2D eigenvalue weighted by Crippen LogP contribution is 2.20. The molecule has 1 atom stereocenters. The van der Waals surface area contributed by atoms with Gasteiger partial charge in [0.2, 0.25) is 0 Å². The van der Waals surface area contributed by atoms with E-state index in [2.05, 4.69) is 22.4 Å². The SMILES string of the molecule is CNC(Cc1ccc(N)cc1)c1nccs1. The Labute approximate surface area is 99.3 Å². The number of rotatable bonds is 4. The molecule has 1 aromatic heterocycles. The summed E-state index contributed by atoms with van der Waals surface area (Å²) in [7, 11) is 1.96. The Morgan fingerprint density at radius 3 is 2.69 bits per heavy atom. The number of benzene rings is 1.